The minimum Gasteiger partial charge on any atom is -0.457 e. The van der Waals surface area contributed by atoms with Crippen molar-refractivity contribution in [3.63, 3.8) is 0 Å². The average Bonchev–Trinajstić information content (AvgIpc) is 3.83. The average molecular weight is 1130 g/mol. The van der Waals surface area contributed by atoms with Gasteiger partial charge in [0.2, 0.25) is 0 Å². The molecule has 0 aliphatic heterocycles. The summed E-state index contributed by atoms with van der Waals surface area (Å²) >= 11 is 0. The monoisotopic (exact) mass is 1130 g/mol. The molecule has 0 saturated carbocycles. The van der Waals surface area contributed by atoms with Crippen molar-refractivity contribution in [2.75, 3.05) is 0 Å². The molecule has 0 saturated heterocycles. The predicted molar refractivity (Wildman–Crippen MR) is 299 cm³/mol. The number of rotatable bonds is 13. The standard InChI is InChI=1S/C69H50N3O.Ir/c1-46-34-36-70-65(38-46)55-24-20-48(21-25-55)16-18-50-40-51(19-17-49-22-26-56(27-23-49)66-39-47(2)35-37-71-66)42-58(41-50)59-12-6-7-13-60(59)61-33-32-57(67-44-69-64(45-72-67)62-14-8-9-15-68(62)73-69)43-63(61)54-30-28-53(29-31-54)52-10-4-3-5-11-52;/h3-15,20-24,26,28-31,33-45H,16-19H2,1-2H3;/q-3;+3. The van der Waals surface area contributed by atoms with Crippen molar-refractivity contribution in [2.45, 2.75) is 39.5 Å². The molecule has 0 aliphatic carbocycles. The number of furan rings is 1. The van der Waals surface area contributed by atoms with Crippen molar-refractivity contribution in [1.29, 1.82) is 0 Å². The molecule has 5 heteroatoms. The van der Waals surface area contributed by atoms with Gasteiger partial charge in [-0.3, -0.25) is 0 Å². The molecule has 12 rings (SSSR count). The molecule has 356 valence electrons. The Labute approximate surface area is 446 Å². The van der Waals surface area contributed by atoms with E-state index in [1.165, 1.54) is 55.6 Å². The molecule has 0 atom stereocenters. The van der Waals surface area contributed by atoms with Gasteiger partial charge in [-0.1, -0.05) is 168 Å². The number of hydrogen-bond acceptors (Lipinski definition) is 4. The van der Waals surface area contributed by atoms with Crippen LogP contribution in [0.4, 0.5) is 0 Å². The number of hydrogen-bond donors (Lipinski definition) is 0. The van der Waals surface area contributed by atoms with E-state index in [0.29, 0.717) is 0 Å². The Morgan fingerprint density at radius 2 is 0.919 bits per heavy atom. The van der Waals surface area contributed by atoms with Crippen LogP contribution in [0.2, 0.25) is 0 Å². The van der Waals surface area contributed by atoms with E-state index >= 15 is 0 Å². The molecule has 74 heavy (non-hydrogen) atoms. The first kappa shape index (κ1) is 48.0. The van der Waals surface area contributed by atoms with Gasteiger partial charge in [0, 0.05) is 29.4 Å². The number of nitrogens with zero attached hydrogens (tertiary/aromatic N) is 3. The third-order valence-electron chi connectivity index (χ3n) is 13.9. The van der Waals surface area contributed by atoms with Crippen molar-refractivity contribution in [3.8, 4) is 78.3 Å². The van der Waals surface area contributed by atoms with Gasteiger partial charge in [0.1, 0.15) is 11.2 Å². The summed E-state index contributed by atoms with van der Waals surface area (Å²) in [6.45, 7) is 4.19. The van der Waals surface area contributed by atoms with Crippen LogP contribution in [0.15, 0.2) is 223 Å². The number of aromatic nitrogens is 3. The Bertz CT molecular complexity index is 3810. The van der Waals surface area contributed by atoms with Gasteiger partial charge in [0.15, 0.2) is 0 Å². The van der Waals surface area contributed by atoms with Crippen LogP contribution in [-0.4, -0.2) is 15.0 Å². The molecular formula is C69H50IrN3O. The second-order valence-electron chi connectivity index (χ2n) is 19.0. The Kier molecular flexibility index (Phi) is 13.9. The molecule has 0 N–H and O–H groups in total. The summed E-state index contributed by atoms with van der Waals surface area (Å²) in [6.07, 6.45) is 9.21. The van der Waals surface area contributed by atoms with E-state index in [0.717, 1.165) is 104 Å². The Morgan fingerprint density at radius 1 is 0.365 bits per heavy atom. The topological polar surface area (TPSA) is 51.8 Å². The first-order valence-corrected chi connectivity index (χ1v) is 25.0. The molecule has 0 amide bonds. The Balaban J connectivity index is 0.00000588. The molecule has 0 radical (unpaired) electrons. The van der Waals surface area contributed by atoms with Gasteiger partial charge in [0.05, 0.1) is 0 Å². The van der Waals surface area contributed by atoms with Gasteiger partial charge in [0.25, 0.3) is 0 Å². The van der Waals surface area contributed by atoms with E-state index in [2.05, 4.69) is 206 Å². The largest absolute Gasteiger partial charge is 3.00 e. The smallest absolute Gasteiger partial charge is 0.457 e. The van der Waals surface area contributed by atoms with Gasteiger partial charge in [-0.25, -0.2) is 0 Å². The first-order valence-electron chi connectivity index (χ1n) is 25.0. The van der Waals surface area contributed by atoms with Crippen molar-refractivity contribution in [3.05, 3.63) is 270 Å². The second-order valence-corrected chi connectivity index (χ2v) is 19.0. The maximum absolute atomic E-state index is 6.33. The Morgan fingerprint density at radius 3 is 1.55 bits per heavy atom. The van der Waals surface area contributed by atoms with Crippen LogP contribution in [0.25, 0.3) is 100 Å². The van der Waals surface area contributed by atoms with Crippen molar-refractivity contribution in [2.24, 2.45) is 0 Å². The molecule has 0 fully saturated rings. The van der Waals surface area contributed by atoms with Crippen LogP contribution in [0.5, 0.6) is 0 Å². The van der Waals surface area contributed by atoms with E-state index in [1.54, 1.807) is 0 Å². The van der Waals surface area contributed by atoms with Crippen LogP contribution in [0, 0.1) is 32.0 Å². The molecule has 0 unspecified atom stereocenters. The maximum atomic E-state index is 6.33. The fraction of sp³-hybridized carbons (Fsp3) is 0.0870. The molecule has 0 aliphatic rings. The number of benzene rings is 8. The molecule has 4 heterocycles. The van der Waals surface area contributed by atoms with Crippen LogP contribution < -0.4 is 0 Å². The van der Waals surface area contributed by atoms with Crippen molar-refractivity contribution >= 4 is 21.9 Å². The maximum Gasteiger partial charge on any atom is 3.00 e. The molecule has 4 nitrogen and oxygen atoms in total. The van der Waals surface area contributed by atoms with E-state index in [9.17, 15) is 0 Å². The predicted octanol–water partition coefficient (Wildman–Crippen LogP) is 17.0. The van der Waals surface area contributed by atoms with Gasteiger partial charge in [-0.05, 0) is 107 Å². The minimum atomic E-state index is 0. The summed E-state index contributed by atoms with van der Waals surface area (Å²) in [5, 5.41) is 2.06. The van der Waals surface area contributed by atoms with Gasteiger partial charge in [-0.15, -0.1) is 94.5 Å². The van der Waals surface area contributed by atoms with E-state index in [-0.39, 0.29) is 20.1 Å². The number of fused-ring (bicyclic) bond motifs is 3. The summed E-state index contributed by atoms with van der Waals surface area (Å²) in [7, 11) is 0. The van der Waals surface area contributed by atoms with Crippen LogP contribution in [-0.2, 0) is 45.8 Å². The van der Waals surface area contributed by atoms with E-state index in [4.69, 9.17) is 9.40 Å². The summed E-state index contributed by atoms with van der Waals surface area (Å²) in [4.78, 5) is 14.2. The fourth-order valence-corrected chi connectivity index (χ4v) is 10.0. The zero-order chi connectivity index (χ0) is 49.1. The van der Waals surface area contributed by atoms with Crippen molar-refractivity contribution < 1.29 is 24.5 Å². The SMILES string of the molecule is Cc1ccnc(-c2[c-]cc(CCc3cc(CCc4c[c-]c(-c5cc(C)ccn5)cc4)cc(-c4ccccc4-c4c[c-]c(-c5cc6oc7ccccc7c6cn5)cc4-c4ccc(-c5ccccc5)cc4)c3)cc2)c1.[Ir+3]. The van der Waals surface area contributed by atoms with Gasteiger partial charge in [-0.2, -0.15) is 0 Å². The zero-order valence-corrected chi connectivity index (χ0v) is 43.6. The van der Waals surface area contributed by atoms with Crippen LogP contribution >= 0.6 is 0 Å². The fourth-order valence-electron chi connectivity index (χ4n) is 10.0. The molecule has 8 aromatic carbocycles. The number of pyridine rings is 3. The number of aryl methyl sites for hydroxylation is 6. The summed E-state index contributed by atoms with van der Waals surface area (Å²) in [5.41, 5.74) is 23.9. The third-order valence-corrected chi connectivity index (χ3v) is 13.9. The summed E-state index contributed by atoms with van der Waals surface area (Å²) in [6, 6.07) is 82.1. The minimum absolute atomic E-state index is 0. The van der Waals surface area contributed by atoms with E-state index < -0.39 is 0 Å². The summed E-state index contributed by atoms with van der Waals surface area (Å²) < 4.78 is 6.33. The third kappa shape index (κ3) is 10.3. The molecular weight excluding hydrogens is 1080 g/mol. The molecule has 4 aromatic heterocycles. The summed E-state index contributed by atoms with van der Waals surface area (Å²) in [5.74, 6) is 0. The van der Waals surface area contributed by atoms with Gasteiger partial charge >= 0.3 is 20.1 Å². The Hall–Kier alpha value is -8.34. The molecule has 12 aromatic rings. The van der Waals surface area contributed by atoms with E-state index in [1.807, 2.05) is 55.0 Å². The normalized spacial score (nSPS) is 11.2. The van der Waals surface area contributed by atoms with Gasteiger partial charge < -0.3 is 19.4 Å². The first-order chi connectivity index (χ1) is 35.9. The zero-order valence-electron chi connectivity index (χ0n) is 41.2. The quantitative estimate of drug-likeness (QED) is 0.108. The molecule has 0 bridgehead atoms. The second kappa shape index (κ2) is 21.4. The van der Waals surface area contributed by atoms with Crippen molar-refractivity contribution in [1.82, 2.24) is 15.0 Å². The number of para-hydroxylation sites is 1. The van der Waals surface area contributed by atoms with Crippen LogP contribution in [0.1, 0.15) is 33.4 Å². The van der Waals surface area contributed by atoms with Crippen LogP contribution in [0.3, 0.4) is 0 Å². The molecule has 0 spiro atoms.